The average molecular weight is 351 g/mol. The molecule has 5 nitrogen and oxygen atoms in total. The molecule has 26 heavy (non-hydrogen) atoms. The van der Waals surface area contributed by atoms with Crippen LogP contribution in [0, 0.1) is 12.8 Å². The second-order valence-corrected chi connectivity index (χ2v) is 7.44. The molecule has 2 aromatic rings. The van der Waals surface area contributed by atoms with Gasteiger partial charge in [0.2, 0.25) is 0 Å². The normalized spacial score (nSPS) is 20.0. The van der Waals surface area contributed by atoms with E-state index in [2.05, 4.69) is 4.98 Å². The summed E-state index contributed by atoms with van der Waals surface area (Å²) in [7, 11) is 1.63. The summed E-state index contributed by atoms with van der Waals surface area (Å²) < 4.78 is 5.49. The molecule has 1 aromatic heterocycles. The summed E-state index contributed by atoms with van der Waals surface area (Å²) in [4.78, 5) is 25.6. The minimum atomic E-state index is -0.0659. The summed E-state index contributed by atoms with van der Waals surface area (Å²) in [6.45, 7) is 3.97. The zero-order chi connectivity index (χ0) is 18.3. The van der Waals surface area contributed by atoms with E-state index in [4.69, 9.17) is 14.7 Å². The molecule has 0 spiro atoms. The third-order valence-electron chi connectivity index (χ3n) is 5.63. The fourth-order valence-corrected chi connectivity index (χ4v) is 4.28. The van der Waals surface area contributed by atoms with Gasteiger partial charge in [-0.2, -0.15) is 0 Å². The molecule has 2 aliphatic rings. The lowest BCUT2D eigenvalue weighted by atomic mass is 9.82. The predicted octanol–water partition coefficient (Wildman–Crippen LogP) is 4.20. The molecule has 0 amide bonds. The van der Waals surface area contributed by atoms with Crippen LogP contribution in [-0.2, 0) is 0 Å². The minimum absolute atomic E-state index is 0.0319. The summed E-state index contributed by atoms with van der Waals surface area (Å²) in [5.41, 5.74) is 4.21. The summed E-state index contributed by atoms with van der Waals surface area (Å²) >= 11 is 0. The van der Waals surface area contributed by atoms with Crippen LogP contribution in [0.15, 0.2) is 28.0 Å². The van der Waals surface area contributed by atoms with Crippen LogP contribution in [0.4, 0.5) is 0 Å². The lowest BCUT2D eigenvalue weighted by Gasteiger charge is -2.25. The second kappa shape index (κ2) is 6.71. The molecule has 5 heteroatoms. The molecule has 0 radical (unpaired) electrons. The molecule has 1 fully saturated rings. The zero-order valence-electron chi connectivity index (χ0n) is 15.6. The number of rotatable bonds is 3. The van der Waals surface area contributed by atoms with Crippen LogP contribution in [0.5, 0.6) is 5.75 Å². The van der Waals surface area contributed by atoms with Crippen molar-refractivity contribution in [3.8, 4) is 17.1 Å². The Balaban J connectivity index is 1.79. The van der Waals surface area contributed by atoms with E-state index in [0.29, 0.717) is 17.5 Å². The fraction of sp³-hybridized carbons (Fsp3) is 0.476. The lowest BCUT2D eigenvalue weighted by Crippen LogP contribution is -2.23. The van der Waals surface area contributed by atoms with E-state index in [1.807, 2.05) is 32.0 Å². The Morgan fingerprint density at radius 3 is 2.65 bits per heavy atom. The fourth-order valence-electron chi connectivity index (χ4n) is 4.28. The standard InChI is InChI=1S/C21H25N3O2/c1-12-9-10-15(16(11-12)26-3)20-23-18-13(2)22-19(17(18)21(25)24-20)14-7-5-4-6-8-14/h9-11,14,19H,4-8H2,1-3H3,(H,23,24,25). The molecule has 2 heterocycles. The van der Waals surface area contributed by atoms with Gasteiger partial charge in [0, 0.05) is 0 Å². The molecule has 0 saturated heterocycles. The first-order valence-corrected chi connectivity index (χ1v) is 9.42. The Bertz CT molecular complexity index is 923. The van der Waals surface area contributed by atoms with Crippen molar-refractivity contribution in [2.75, 3.05) is 7.11 Å². The summed E-state index contributed by atoms with van der Waals surface area (Å²) in [6.07, 6.45) is 6.05. The highest BCUT2D eigenvalue weighted by Crippen LogP contribution is 2.40. The molecule has 1 aromatic carbocycles. The summed E-state index contributed by atoms with van der Waals surface area (Å²) in [5.74, 6) is 1.72. The van der Waals surface area contributed by atoms with Crippen LogP contribution in [0.3, 0.4) is 0 Å². The van der Waals surface area contributed by atoms with Gasteiger partial charge in [-0.05, 0) is 50.3 Å². The monoisotopic (exact) mass is 351 g/mol. The van der Waals surface area contributed by atoms with Crippen LogP contribution in [-0.4, -0.2) is 22.8 Å². The van der Waals surface area contributed by atoms with E-state index in [0.717, 1.165) is 40.9 Å². The van der Waals surface area contributed by atoms with Crippen molar-refractivity contribution in [1.82, 2.24) is 9.97 Å². The lowest BCUT2D eigenvalue weighted by molar-refractivity contribution is 0.310. The molecule has 1 aliphatic heterocycles. The highest BCUT2D eigenvalue weighted by atomic mass is 16.5. The van der Waals surface area contributed by atoms with Crippen LogP contribution in [0.25, 0.3) is 11.4 Å². The molecule has 1 unspecified atom stereocenters. The third kappa shape index (κ3) is 2.85. The molecule has 136 valence electrons. The Labute approximate surface area is 153 Å². The number of nitrogens with one attached hydrogen (secondary N) is 1. The van der Waals surface area contributed by atoms with Gasteiger partial charge in [0.1, 0.15) is 11.6 Å². The highest BCUT2D eigenvalue weighted by molar-refractivity contribution is 6.01. The number of hydrogen-bond acceptors (Lipinski definition) is 4. The van der Waals surface area contributed by atoms with E-state index in [-0.39, 0.29) is 11.6 Å². The van der Waals surface area contributed by atoms with Crippen molar-refractivity contribution in [2.24, 2.45) is 10.9 Å². The van der Waals surface area contributed by atoms with Crippen molar-refractivity contribution in [3.05, 3.63) is 45.4 Å². The maximum Gasteiger partial charge on any atom is 0.257 e. The highest BCUT2D eigenvalue weighted by Gasteiger charge is 2.34. The van der Waals surface area contributed by atoms with Crippen LogP contribution in [0.2, 0.25) is 0 Å². The zero-order valence-corrected chi connectivity index (χ0v) is 15.6. The van der Waals surface area contributed by atoms with Crippen molar-refractivity contribution in [2.45, 2.75) is 52.0 Å². The molecule has 4 rings (SSSR count). The number of benzene rings is 1. The van der Waals surface area contributed by atoms with Gasteiger partial charge in [0.15, 0.2) is 0 Å². The smallest absolute Gasteiger partial charge is 0.257 e. The molecule has 0 bridgehead atoms. The molecular weight excluding hydrogens is 326 g/mol. The summed E-state index contributed by atoms with van der Waals surface area (Å²) in [5, 5.41) is 0. The van der Waals surface area contributed by atoms with Gasteiger partial charge in [-0.3, -0.25) is 9.79 Å². The number of fused-ring (bicyclic) bond motifs is 1. The van der Waals surface area contributed by atoms with Crippen LogP contribution >= 0.6 is 0 Å². The minimum Gasteiger partial charge on any atom is -0.496 e. The quantitative estimate of drug-likeness (QED) is 0.901. The maximum atomic E-state index is 13.0. The van der Waals surface area contributed by atoms with Crippen molar-refractivity contribution in [3.63, 3.8) is 0 Å². The van der Waals surface area contributed by atoms with Gasteiger partial charge in [0.25, 0.3) is 5.56 Å². The molecule has 1 saturated carbocycles. The third-order valence-corrected chi connectivity index (χ3v) is 5.63. The topological polar surface area (TPSA) is 67.3 Å². The van der Waals surface area contributed by atoms with E-state index in [9.17, 15) is 4.79 Å². The van der Waals surface area contributed by atoms with Gasteiger partial charge >= 0.3 is 0 Å². The number of ether oxygens (including phenoxy) is 1. The average Bonchev–Trinajstić information content (AvgIpc) is 2.99. The van der Waals surface area contributed by atoms with Crippen LogP contribution in [0.1, 0.15) is 61.9 Å². The Hall–Kier alpha value is -2.43. The Kier molecular flexibility index (Phi) is 4.39. The summed E-state index contributed by atoms with van der Waals surface area (Å²) in [6, 6.07) is 5.86. The first-order valence-electron chi connectivity index (χ1n) is 9.42. The van der Waals surface area contributed by atoms with Gasteiger partial charge in [-0.15, -0.1) is 0 Å². The van der Waals surface area contributed by atoms with Gasteiger partial charge < -0.3 is 9.72 Å². The first kappa shape index (κ1) is 17.0. The molecule has 1 aliphatic carbocycles. The first-order chi connectivity index (χ1) is 12.6. The Morgan fingerprint density at radius 2 is 1.92 bits per heavy atom. The number of aryl methyl sites for hydroxylation is 1. The van der Waals surface area contributed by atoms with Crippen molar-refractivity contribution < 1.29 is 4.74 Å². The predicted molar refractivity (Wildman–Crippen MR) is 103 cm³/mol. The van der Waals surface area contributed by atoms with Gasteiger partial charge in [-0.1, -0.05) is 25.3 Å². The SMILES string of the molecule is COc1cc(C)ccc1-c1nc2c(c(=O)[nH]1)C(C1CCCCC1)N=C2C. The van der Waals surface area contributed by atoms with E-state index in [1.165, 1.54) is 19.3 Å². The second-order valence-electron chi connectivity index (χ2n) is 7.44. The number of aromatic amines is 1. The molecule has 1 atom stereocenters. The number of H-pyrrole nitrogens is 1. The number of aromatic nitrogens is 2. The number of hydrogen-bond donors (Lipinski definition) is 1. The number of methoxy groups -OCH3 is 1. The molecule has 1 N–H and O–H groups in total. The van der Waals surface area contributed by atoms with Crippen LogP contribution < -0.4 is 10.3 Å². The van der Waals surface area contributed by atoms with Crippen molar-refractivity contribution in [1.29, 1.82) is 0 Å². The Morgan fingerprint density at radius 1 is 1.15 bits per heavy atom. The van der Waals surface area contributed by atoms with E-state index >= 15 is 0 Å². The van der Waals surface area contributed by atoms with Gasteiger partial charge in [0.05, 0.1) is 35.7 Å². The number of aliphatic imine (C=N–C) groups is 1. The molecular formula is C21H25N3O2. The maximum absolute atomic E-state index is 13.0. The van der Waals surface area contributed by atoms with E-state index in [1.54, 1.807) is 7.11 Å². The van der Waals surface area contributed by atoms with Gasteiger partial charge in [-0.25, -0.2) is 4.98 Å². The van der Waals surface area contributed by atoms with Crippen molar-refractivity contribution >= 4 is 5.71 Å². The number of nitrogens with zero attached hydrogens (tertiary/aromatic N) is 2. The van der Waals surface area contributed by atoms with E-state index < -0.39 is 0 Å². The largest absolute Gasteiger partial charge is 0.496 e.